The van der Waals surface area contributed by atoms with Crippen LogP contribution in [0.3, 0.4) is 0 Å². The van der Waals surface area contributed by atoms with Crippen molar-refractivity contribution < 1.29 is 18.9 Å². The first-order chi connectivity index (χ1) is 9.43. The van der Waals surface area contributed by atoms with Crippen molar-refractivity contribution in [2.75, 3.05) is 65.9 Å². The first-order valence-electron chi connectivity index (χ1n) is 7.19. The summed E-state index contributed by atoms with van der Waals surface area (Å²) in [4.78, 5) is 0. The Bertz CT molecular complexity index is 189. The lowest BCUT2D eigenvalue weighted by Crippen LogP contribution is -2.33. The lowest BCUT2D eigenvalue weighted by molar-refractivity contribution is -0.0248. The number of piperidine rings is 1. The number of rotatable bonds is 12. The van der Waals surface area contributed by atoms with Crippen molar-refractivity contribution in [3.8, 4) is 0 Å². The Balaban J connectivity index is 1.71. The highest BCUT2D eigenvalue weighted by molar-refractivity contribution is 4.67. The van der Waals surface area contributed by atoms with Crippen LogP contribution in [-0.2, 0) is 18.9 Å². The molecular formula is C13H28N2O4. The third-order valence-corrected chi connectivity index (χ3v) is 2.87. The monoisotopic (exact) mass is 276 g/mol. The molecule has 0 saturated carbocycles. The van der Waals surface area contributed by atoms with E-state index in [9.17, 15) is 0 Å². The first-order valence-corrected chi connectivity index (χ1v) is 7.19. The van der Waals surface area contributed by atoms with E-state index < -0.39 is 0 Å². The van der Waals surface area contributed by atoms with Crippen LogP contribution in [0.15, 0.2) is 0 Å². The summed E-state index contributed by atoms with van der Waals surface area (Å²) in [5, 5.41) is 3.31. The van der Waals surface area contributed by atoms with Gasteiger partial charge in [0.2, 0.25) is 0 Å². The average molecular weight is 276 g/mol. The van der Waals surface area contributed by atoms with Crippen LogP contribution in [0.4, 0.5) is 0 Å². The SMILES string of the molecule is NCCOCCOCCOCCOC1CCNCC1. The summed E-state index contributed by atoms with van der Waals surface area (Å²) in [6, 6.07) is 0. The molecule has 0 aromatic carbocycles. The largest absolute Gasteiger partial charge is 0.378 e. The lowest BCUT2D eigenvalue weighted by Gasteiger charge is -2.22. The lowest BCUT2D eigenvalue weighted by atomic mass is 10.1. The van der Waals surface area contributed by atoms with Crippen molar-refractivity contribution in [2.24, 2.45) is 5.73 Å². The molecule has 1 aliphatic rings. The van der Waals surface area contributed by atoms with Gasteiger partial charge in [-0.3, -0.25) is 0 Å². The zero-order valence-electron chi connectivity index (χ0n) is 11.8. The molecule has 0 atom stereocenters. The molecule has 0 amide bonds. The van der Waals surface area contributed by atoms with Crippen LogP contribution in [0.2, 0.25) is 0 Å². The average Bonchev–Trinajstić information content (AvgIpc) is 2.46. The van der Waals surface area contributed by atoms with E-state index in [1.165, 1.54) is 0 Å². The van der Waals surface area contributed by atoms with E-state index in [0.29, 0.717) is 58.9 Å². The van der Waals surface area contributed by atoms with Crippen LogP contribution in [0.25, 0.3) is 0 Å². The molecule has 0 unspecified atom stereocenters. The normalized spacial score (nSPS) is 16.9. The summed E-state index contributed by atoms with van der Waals surface area (Å²) in [7, 11) is 0. The maximum atomic E-state index is 5.72. The third kappa shape index (κ3) is 10.2. The predicted molar refractivity (Wildman–Crippen MR) is 73.4 cm³/mol. The van der Waals surface area contributed by atoms with Gasteiger partial charge in [0.05, 0.1) is 52.4 Å². The predicted octanol–water partition coefficient (Wildman–Crippen LogP) is -0.236. The van der Waals surface area contributed by atoms with E-state index in [1.807, 2.05) is 0 Å². The van der Waals surface area contributed by atoms with Crippen molar-refractivity contribution in [2.45, 2.75) is 18.9 Å². The number of hydrogen-bond donors (Lipinski definition) is 2. The van der Waals surface area contributed by atoms with Gasteiger partial charge in [0.15, 0.2) is 0 Å². The molecule has 0 radical (unpaired) electrons. The quantitative estimate of drug-likeness (QED) is 0.479. The van der Waals surface area contributed by atoms with Gasteiger partial charge in [0.1, 0.15) is 0 Å². The highest BCUT2D eigenvalue weighted by Gasteiger charge is 2.12. The van der Waals surface area contributed by atoms with E-state index >= 15 is 0 Å². The van der Waals surface area contributed by atoms with Crippen LogP contribution >= 0.6 is 0 Å². The molecule has 3 N–H and O–H groups in total. The molecule has 0 aliphatic carbocycles. The molecule has 1 rings (SSSR count). The van der Waals surface area contributed by atoms with Crippen molar-refractivity contribution >= 4 is 0 Å². The van der Waals surface area contributed by atoms with Crippen LogP contribution < -0.4 is 11.1 Å². The number of hydrogen-bond acceptors (Lipinski definition) is 6. The van der Waals surface area contributed by atoms with Gasteiger partial charge in [0, 0.05) is 6.54 Å². The fraction of sp³-hybridized carbons (Fsp3) is 1.00. The fourth-order valence-electron chi connectivity index (χ4n) is 1.86. The Kier molecular flexibility index (Phi) is 11.3. The van der Waals surface area contributed by atoms with E-state index in [-0.39, 0.29) is 0 Å². The van der Waals surface area contributed by atoms with Crippen molar-refractivity contribution in [1.29, 1.82) is 0 Å². The van der Waals surface area contributed by atoms with Crippen molar-refractivity contribution in [3.05, 3.63) is 0 Å². The van der Waals surface area contributed by atoms with Crippen LogP contribution in [-0.4, -0.2) is 72.0 Å². The minimum Gasteiger partial charge on any atom is -0.378 e. The first kappa shape index (κ1) is 16.8. The summed E-state index contributed by atoms with van der Waals surface area (Å²) >= 11 is 0. The molecule has 1 saturated heterocycles. The molecule has 1 heterocycles. The van der Waals surface area contributed by atoms with Gasteiger partial charge in [-0.15, -0.1) is 0 Å². The van der Waals surface area contributed by atoms with E-state index in [1.54, 1.807) is 0 Å². The number of ether oxygens (including phenoxy) is 4. The Morgan fingerprint density at radius 2 is 1.32 bits per heavy atom. The third-order valence-electron chi connectivity index (χ3n) is 2.87. The van der Waals surface area contributed by atoms with Gasteiger partial charge < -0.3 is 30.0 Å². The zero-order valence-corrected chi connectivity index (χ0v) is 11.8. The van der Waals surface area contributed by atoms with Gasteiger partial charge in [-0.2, -0.15) is 0 Å². The van der Waals surface area contributed by atoms with Crippen LogP contribution in [0, 0.1) is 0 Å². The van der Waals surface area contributed by atoms with Gasteiger partial charge >= 0.3 is 0 Å². The highest BCUT2D eigenvalue weighted by atomic mass is 16.6. The van der Waals surface area contributed by atoms with Crippen molar-refractivity contribution in [3.63, 3.8) is 0 Å². The van der Waals surface area contributed by atoms with E-state index in [0.717, 1.165) is 25.9 Å². The van der Waals surface area contributed by atoms with Gasteiger partial charge in [-0.05, 0) is 25.9 Å². The van der Waals surface area contributed by atoms with E-state index in [2.05, 4.69) is 5.32 Å². The Morgan fingerprint density at radius 1 is 0.789 bits per heavy atom. The van der Waals surface area contributed by atoms with Gasteiger partial charge in [-0.25, -0.2) is 0 Å². The molecule has 6 nitrogen and oxygen atoms in total. The maximum Gasteiger partial charge on any atom is 0.0704 e. The van der Waals surface area contributed by atoms with Crippen LogP contribution in [0.1, 0.15) is 12.8 Å². The zero-order chi connectivity index (χ0) is 13.6. The Hall–Kier alpha value is -0.240. The summed E-state index contributed by atoms with van der Waals surface area (Å²) < 4.78 is 21.7. The van der Waals surface area contributed by atoms with Gasteiger partial charge in [0.25, 0.3) is 0 Å². The molecule has 0 spiro atoms. The summed E-state index contributed by atoms with van der Waals surface area (Å²) in [6.07, 6.45) is 2.61. The molecule has 0 bridgehead atoms. The van der Waals surface area contributed by atoms with Gasteiger partial charge in [-0.1, -0.05) is 0 Å². The van der Waals surface area contributed by atoms with Crippen molar-refractivity contribution in [1.82, 2.24) is 5.32 Å². The molecular weight excluding hydrogens is 248 g/mol. The topological polar surface area (TPSA) is 75.0 Å². The molecule has 0 aromatic rings. The van der Waals surface area contributed by atoms with E-state index in [4.69, 9.17) is 24.7 Å². The number of nitrogens with two attached hydrogens (primary N) is 1. The highest BCUT2D eigenvalue weighted by Crippen LogP contribution is 2.06. The maximum absolute atomic E-state index is 5.72. The molecule has 1 fully saturated rings. The minimum absolute atomic E-state index is 0.404. The standard InChI is InChI=1S/C13H28N2O4/c14-3-6-16-7-8-17-9-10-18-11-12-19-13-1-4-15-5-2-13/h13,15H,1-12,14H2. The summed E-state index contributed by atoms with van der Waals surface area (Å²) in [5.74, 6) is 0. The summed E-state index contributed by atoms with van der Waals surface area (Å²) in [6.45, 7) is 6.96. The Labute approximate surface area is 115 Å². The number of nitrogens with one attached hydrogen (secondary N) is 1. The molecule has 1 aliphatic heterocycles. The Morgan fingerprint density at radius 3 is 1.89 bits per heavy atom. The molecule has 114 valence electrons. The fourth-order valence-corrected chi connectivity index (χ4v) is 1.86. The molecule has 6 heteroatoms. The second kappa shape index (κ2) is 12.8. The minimum atomic E-state index is 0.404. The smallest absolute Gasteiger partial charge is 0.0704 e. The second-order valence-electron chi connectivity index (χ2n) is 4.45. The molecule has 19 heavy (non-hydrogen) atoms. The molecule has 0 aromatic heterocycles. The second-order valence-corrected chi connectivity index (χ2v) is 4.45. The summed E-state index contributed by atoms with van der Waals surface area (Å²) in [5.41, 5.74) is 5.29. The van der Waals surface area contributed by atoms with Crippen LogP contribution in [0.5, 0.6) is 0 Å².